The molecule has 2 aliphatic rings. The molecule has 1 spiro atoms. The van der Waals surface area contributed by atoms with E-state index in [9.17, 15) is 0 Å². The Morgan fingerprint density at radius 1 is 1.25 bits per heavy atom. The van der Waals surface area contributed by atoms with Crippen LogP contribution in [0, 0.1) is 5.41 Å². The predicted octanol–water partition coefficient (Wildman–Crippen LogP) is 1.89. The molecule has 0 aliphatic heterocycles. The second kappa shape index (κ2) is 7.74. The Morgan fingerprint density at radius 2 is 2.00 bits per heavy atom. The molecule has 2 fully saturated rings. The summed E-state index contributed by atoms with van der Waals surface area (Å²) in [5.41, 5.74) is 0.459. The predicted molar refractivity (Wildman–Crippen MR) is 82.1 cm³/mol. The van der Waals surface area contributed by atoms with Gasteiger partial charge in [-0.05, 0) is 33.2 Å². The van der Waals surface area contributed by atoms with Crippen LogP contribution in [0.1, 0.15) is 39.0 Å². The molecule has 0 amide bonds. The molecular weight excluding hydrogens is 252 g/mol. The maximum atomic E-state index is 5.96. The van der Waals surface area contributed by atoms with Crippen LogP contribution in [0.25, 0.3) is 0 Å². The summed E-state index contributed by atoms with van der Waals surface area (Å²) in [6.07, 6.45) is 7.20. The Labute approximate surface area is 124 Å². The molecule has 2 atom stereocenters. The molecule has 2 rings (SSSR count). The lowest BCUT2D eigenvalue weighted by Gasteiger charge is -2.54. The number of methoxy groups -OCH3 is 1. The Hall–Kier alpha value is -0.160. The molecule has 2 saturated carbocycles. The molecule has 0 heterocycles. The third-order valence-corrected chi connectivity index (χ3v) is 5.25. The first-order valence-electron chi connectivity index (χ1n) is 8.25. The zero-order valence-electron chi connectivity index (χ0n) is 13.5. The lowest BCUT2D eigenvalue weighted by atomic mass is 9.60. The summed E-state index contributed by atoms with van der Waals surface area (Å²) in [6.45, 7) is 6.97. The SMILES string of the molecule is CCOC1CC(NCCN(C)CCOC)C12CCCC2. The molecule has 2 unspecified atom stereocenters. The average molecular weight is 284 g/mol. The van der Waals surface area contributed by atoms with Crippen LogP contribution in [0.15, 0.2) is 0 Å². The molecule has 4 nitrogen and oxygen atoms in total. The fourth-order valence-electron chi connectivity index (χ4n) is 3.96. The topological polar surface area (TPSA) is 33.7 Å². The number of hydrogen-bond acceptors (Lipinski definition) is 4. The molecule has 1 N–H and O–H groups in total. The molecule has 0 saturated heterocycles. The van der Waals surface area contributed by atoms with Crippen molar-refractivity contribution in [2.45, 2.75) is 51.2 Å². The highest BCUT2D eigenvalue weighted by Gasteiger charge is 2.56. The maximum Gasteiger partial charge on any atom is 0.0661 e. The van der Waals surface area contributed by atoms with Crippen LogP contribution >= 0.6 is 0 Å². The normalized spacial score (nSPS) is 28.2. The van der Waals surface area contributed by atoms with Gasteiger partial charge in [0, 0.05) is 44.8 Å². The van der Waals surface area contributed by atoms with Gasteiger partial charge in [0.15, 0.2) is 0 Å². The number of ether oxygens (including phenoxy) is 2. The fraction of sp³-hybridized carbons (Fsp3) is 1.00. The van der Waals surface area contributed by atoms with Crippen molar-refractivity contribution in [3.05, 3.63) is 0 Å². The minimum absolute atomic E-state index is 0.459. The largest absolute Gasteiger partial charge is 0.383 e. The van der Waals surface area contributed by atoms with Crippen LogP contribution < -0.4 is 5.32 Å². The van der Waals surface area contributed by atoms with Crippen molar-refractivity contribution in [3.8, 4) is 0 Å². The van der Waals surface area contributed by atoms with Gasteiger partial charge in [0.2, 0.25) is 0 Å². The number of nitrogens with zero attached hydrogens (tertiary/aromatic N) is 1. The minimum Gasteiger partial charge on any atom is -0.383 e. The van der Waals surface area contributed by atoms with Gasteiger partial charge in [0.25, 0.3) is 0 Å². The molecule has 118 valence electrons. The van der Waals surface area contributed by atoms with Crippen LogP contribution in [0.3, 0.4) is 0 Å². The van der Waals surface area contributed by atoms with Crippen molar-refractivity contribution in [2.75, 3.05) is 47.0 Å². The molecular formula is C16H32N2O2. The highest BCUT2D eigenvalue weighted by atomic mass is 16.5. The fourth-order valence-corrected chi connectivity index (χ4v) is 3.96. The van der Waals surface area contributed by atoms with E-state index in [1.165, 1.54) is 32.1 Å². The van der Waals surface area contributed by atoms with Gasteiger partial charge in [0.1, 0.15) is 0 Å². The van der Waals surface area contributed by atoms with E-state index in [2.05, 4.69) is 24.2 Å². The van der Waals surface area contributed by atoms with Crippen molar-refractivity contribution in [1.82, 2.24) is 10.2 Å². The Kier molecular flexibility index (Phi) is 6.27. The molecule has 20 heavy (non-hydrogen) atoms. The van der Waals surface area contributed by atoms with Crippen LogP contribution in [-0.4, -0.2) is 64.1 Å². The maximum absolute atomic E-state index is 5.96. The van der Waals surface area contributed by atoms with E-state index in [0.29, 0.717) is 17.6 Å². The number of nitrogens with one attached hydrogen (secondary N) is 1. The van der Waals surface area contributed by atoms with Crippen LogP contribution in [-0.2, 0) is 9.47 Å². The van der Waals surface area contributed by atoms with E-state index < -0.39 is 0 Å². The summed E-state index contributed by atoms with van der Waals surface area (Å²) >= 11 is 0. The van der Waals surface area contributed by atoms with E-state index in [-0.39, 0.29) is 0 Å². The first-order valence-corrected chi connectivity index (χ1v) is 8.25. The molecule has 0 radical (unpaired) electrons. The monoisotopic (exact) mass is 284 g/mol. The van der Waals surface area contributed by atoms with Gasteiger partial charge in [0.05, 0.1) is 12.7 Å². The van der Waals surface area contributed by atoms with Gasteiger partial charge < -0.3 is 19.7 Å². The lowest BCUT2D eigenvalue weighted by Crippen LogP contribution is -2.63. The van der Waals surface area contributed by atoms with Crippen LogP contribution in [0.2, 0.25) is 0 Å². The van der Waals surface area contributed by atoms with Gasteiger partial charge in [-0.2, -0.15) is 0 Å². The second-order valence-electron chi connectivity index (χ2n) is 6.42. The van der Waals surface area contributed by atoms with Crippen molar-refractivity contribution < 1.29 is 9.47 Å². The number of rotatable bonds is 9. The van der Waals surface area contributed by atoms with E-state index in [1.54, 1.807) is 7.11 Å². The first kappa shape index (κ1) is 16.2. The summed E-state index contributed by atoms with van der Waals surface area (Å²) in [6, 6.07) is 0.678. The van der Waals surface area contributed by atoms with Crippen molar-refractivity contribution in [1.29, 1.82) is 0 Å². The number of hydrogen-bond donors (Lipinski definition) is 1. The molecule has 0 bridgehead atoms. The number of likely N-dealkylation sites (N-methyl/N-ethyl adjacent to an activating group) is 1. The molecule has 4 heteroatoms. The molecule has 0 aromatic heterocycles. The van der Waals surface area contributed by atoms with E-state index in [0.717, 1.165) is 32.8 Å². The first-order chi connectivity index (χ1) is 9.73. The zero-order valence-corrected chi connectivity index (χ0v) is 13.5. The summed E-state index contributed by atoms with van der Waals surface area (Å²) in [4.78, 5) is 2.33. The Balaban J connectivity index is 1.71. The highest BCUT2D eigenvalue weighted by molar-refractivity contribution is 5.09. The van der Waals surface area contributed by atoms with Crippen LogP contribution in [0.4, 0.5) is 0 Å². The summed E-state index contributed by atoms with van der Waals surface area (Å²) in [5.74, 6) is 0. The van der Waals surface area contributed by atoms with Gasteiger partial charge in [-0.15, -0.1) is 0 Å². The molecule has 0 aromatic carbocycles. The third kappa shape index (κ3) is 3.53. The summed E-state index contributed by atoms with van der Waals surface area (Å²) in [7, 11) is 3.92. The third-order valence-electron chi connectivity index (χ3n) is 5.25. The van der Waals surface area contributed by atoms with Crippen molar-refractivity contribution in [3.63, 3.8) is 0 Å². The lowest BCUT2D eigenvalue weighted by molar-refractivity contribution is -0.130. The summed E-state index contributed by atoms with van der Waals surface area (Å²) < 4.78 is 11.1. The molecule has 0 aromatic rings. The van der Waals surface area contributed by atoms with Gasteiger partial charge in [-0.1, -0.05) is 12.8 Å². The van der Waals surface area contributed by atoms with Crippen LogP contribution in [0.5, 0.6) is 0 Å². The van der Waals surface area contributed by atoms with Gasteiger partial charge in [-0.25, -0.2) is 0 Å². The standard InChI is InChI=1S/C16H32N2O2/c1-4-20-15-13-14(16(15)7-5-6-8-16)17-9-10-18(2)11-12-19-3/h14-15,17H,4-13H2,1-3H3. The van der Waals surface area contributed by atoms with Gasteiger partial charge in [-0.3, -0.25) is 0 Å². The van der Waals surface area contributed by atoms with Gasteiger partial charge >= 0.3 is 0 Å². The quantitative estimate of drug-likeness (QED) is 0.701. The second-order valence-corrected chi connectivity index (χ2v) is 6.42. The van der Waals surface area contributed by atoms with Crippen molar-refractivity contribution in [2.24, 2.45) is 5.41 Å². The Bertz CT molecular complexity index is 280. The highest BCUT2D eigenvalue weighted by Crippen LogP contribution is 2.54. The van der Waals surface area contributed by atoms with Crippen molar-refractivity contribution >= 4 is 0 Å². The summed E-state index contributed by atoms with van der Waals surface area (Å²) in [5, 5.41) is 3.79. The zero-order chi connectivity index (χ0) is 14.4. The average Bonchev–Trinajstić information content (AvgIpc) is 2.95. The van der Waals surface area contributed by atoms with E-state index in [4.69, 9.17) is 9.47 Å². The van der Waals surface area contributed by atoms with E-state index in [1.807, 2.05) is 0 Å². The molecule has 2 aliphatic carbocycles. The smallest absolute Gasteiger partial charge is 0.0661 e. The van der Waals surface area contributed by atoms with E-state index >= 15 is 0 Å². The Morgan fingerprint density at radius 3 is 2.65 bits per heavy atom. The minimum atomic E-state index is 0.459.